The van der Waals surface area contributed by atoms with Crippen LogP contribution in [0.3, 0.4) is 0 Å². The summed E-state index contributed by atoms with van der Waals surface area (Å²) in [7, 11) is 3.35. The number of halogens is 1. The van der Waals surface area contributed by atoms with E-state index in [2.05, 4.69) is 33.1 Å². The Balaban J connectivity index is 1.58. The summed E-state index contributed by atoms with van der Waals surface area (Å²) in [5.74, 6) is 2.53. The molecule has 0 saturated carbocycles. The first-order valence-electron chi connectivity index (χ1n) is 9.76. The summed E-state index contributed by atoms with van der Waals surface area (Å²) in [5, 5.41) is 7.08. The highest BCUT2D eigenvalue weighted by molar-refractivity contribution is 9.10. The molecule has 2 atom stereocenters. The number of methoxy groups -OCH3 is 2. The number of hydrogen-bond acceptors (Lipinski definition) is 5. The maximum atomic E-state index is 6.42. The zero-order valence-corrected chi connectivity index (χ0v) is 18.3. The highest BCUT2D eigenvalue weighted by atomic mass is 79.9. The van der Waals surface area contributed by atoms with Crippen molar-refractivity contribution >= 4 is 21.6 Å². The Morgan fingerprint density at radius 3 is 2.53 bits per heavy atom. The summed E-state index contributed by atoms with van der Waals surface area (Å²) in [6.45, 7) is 0. The van der Waals surface area contributed by atoms with Crippen LogP contribution < -0.4 is 14.2 Å². The van der Waals surface area contributed by atoms with Gasteiger partial charge in [0.25, 0.3) is 0 Å². The van der Waals surface area contributed by atoms with E-state index in [0.717, 1.165) is 50.5 Å². The van der Waals surface area contributed by atoms with Crippen molar-refractivity contribution in [2.24, 2.45) is 5.10 Å². The van der Waals surface area contributed by atoms with E-state index in [1.807, 2.05) is 54.6 Å². The lowest BCUT2D eigenvalue weighted by Crippen LogP contribution is -2.33. The summed E-state index contributed by atoms with van der Waals surface area (Å²) in [6, 6.07) is 22.3. The van der Waals surface area contributed by atoms with Crippen molar-refractivity contribution in [3.8, 4) is 17.2 Å². The van der Waals surface area contributed by atoms with Gasteiger partial charge in [-0.3, -0.25) is 0 Å². The van der Waals surface area contributed by atoms with Crippen molar-refractivity contribution in [1.82, 2.24) is 5.01 Å². The molecule has 3 aromatic carbocycles. The molecule has 0 N–H and O–H groups in total. The minimum absolute atomic E-state index is 0.0968. The third-order valence-electron chi connectivity index (χ3n) is 5.56. The molecule has 3 aromatic rings. The van der Waals surface area contributed by atoms with Crippen LogP contribution >= 0.6 is 15.9 Å². The van der Waals surface area contributed by atoms with Gasteiger partial charge in [0.2, 0.25) is 6.23 Å². The predicted octanol–water partition coefficient (Wildman–Crippen LogP) is 5.71. The van der Waals surface area contributed by atoms with Gasteiger partial charge in [-0.25, -0.2) is 5.01 Å². The van der Waals surface area contributed by atoms with Crippen LogP contribution in [0.2, 0.25) is 0 Å². The maximum Gasteiger partial charge on any atom is 0.213 e. The lowest BCUT2D eigenvalue weighted by atomic mass is 9.96. The highest BCUT2D eigenvalue weighted by Gasteiger charge is 2.41. The summed E-state index contributed by atoms with van der Waals surface area (Å²) < 4.78 is 18.2. The van der Waals surface area contributed by atoms with E-state index in [1.165, 1.54) is 0 Å². The lowest BCUT2D eigenvalue weighted by molar-refractivity contribution is -0.0191. The first kappa shape index (κ1) is 19.0. The second-order valence-corrected chi connectivity index (χ2v) is 8.22. The molecular formula is C24H21BrN2O3. The van der Waals surface area contributed by atoms with Crippen molar-refractivity contribution < 1.29 is 14.2 Å². The van der Waals surface area contributed by atoms with Gasteiger partial charge in [0.15, 0.2) is 0 Å². The van der Waals surface area contributed by atoms with Crippen LogP contribution in [0.5, 0.6) is 17.2 Å². The van der Waals surface area contributed by atoms with Crippen LogP contribution in [0.4, 0.5) is 0 Å². The molecule has 2 aliphatic rings. The van der Waals surface area contributed by atoms with Crippen LogP contribution in [-0.2, 0) is 0 Å². The molecule has 0 fully saturated rings. The van der Waals surface area contributed by atoms with Crippen molar-refractivity contribution in [2.75, 3.05) is 14.2 Å². The molecule has 0 bridgehead atoms. The molecular weight excluding hydrogens is 444 g/mol. The number of ether oxygens (including phenoxy) is 3. The topological polar surface area (TPSA) is 43.3 Å². The fourth-order valence-corrected chi connectivity index (χ4v) is 4.40. The molecule has 0 radical (unpaired) electrons. The molecule has 152 valence electrons. The van der Waals surface area contributed by atoms with Gasteiger partial charge < -0.3 is 14.2 Å². The van der Waals surface area contributed by atoms with Gasteiger partial charge in [-0.1, -0.05) is 28.1 Å². The molecule has 30 heavy (non-hydrogen) atoms. The van der Waals surface area contributed by atoms with Gasteiger partial charge in [0.05, 0.1) is 26.0 Å². The van der Waals surface area contributed by atoms with Gasteiger partial charge in [-0.05, 0) is 54.6 Å². The van der Waals surface area contributed by atoms with Gasteiger partial charge in [0, 0.05) is 27.6 Å². The Hall–Kier alpha value is -2.99. The highest BCUT2D eigenvalue weighted by Crippen LogP contribution is 2.48. The fraction of sp³-hybridized carbons (Fsp3) is 0.208. The van der Waals surface area contributed by atoms with Crippen LogP contribution in [0.25, 0.3) is 0 Å². The molecule has 5 rings (SSSR count). The van der Waals surface area contributed by atoms with Crippen molar-refractivity contribution in [1.29, 1.82) is 0 Å². The predicted molar refractivity (Wildman–Crippen MR) is 119 cm³/mol. The van der Waals surface area contributed by atoms with E-state index in [1.54, 1.807) is 14.2 Å². The smallest absolute Gasteiger partial charge is 0.213 e. The molecule has 6 heteroatoms. The molecule has 2 aliphatic heterocycles. The molecule has 2 unspecified atom stereocenters. The molecule has 0 aliphatic carbocycles. The molecule has 0 spiro atoms. The lowest BCUT2D eigenvalue weighted by Gasteiger charge is -2.38. The van der Waals surface area contributed by atoms with Gasteiger partial charge in [-0.2, -0.15) is 5.10 Å². The largest absolute Gasteiger partial charge is 0.497 e. The van der Waals surface area contributed by atoms with Crippen molar-refractivity contribution in [3.05, 3.63) is 87.9 Å². The second kappa shape index (κ2) is 7.69. The third kappa shape index (κ3) is 3.31. The van der Waals surface area contributed by atoms with Crippen molar-refractivity contribution in [3.63, 3.8) is 0 Å². The number of benzene rings is 3. The first-order valence-corrected chi connectivity index (χ1v) is 10.6. The SMILES string of the molecule is COc1ccc(C2Oc3ccc(Br)cc3C3CC(c4cccc(OC)c4)=NN32)cc1. The average molecular weight is 465 g/mol. The molecule has 0 amide bonds. The van der Waals surface area contributed by atoms with Crippen LogP contribution in [0, 0.1) is 0 Å². The second-order valence-electron chi connectivity index (χ2n) is 7.30. The average Bonchev–Trinajstić information content (AvgIpc) is 3.25. The Kier molecular flexibility index (Phi) is 4.87. The number of hydrogen-bond donors (Lipinski definition) is 0. The summed E-state index contributed by atoms with van der Waals surface area (Å²) in [4.78, 5) is 0. The van der Waals surface area contributed by atoms with Crippen LogP contribution in [0.15, 0.2) is 76.3 Å². The first-order chi connectivity index (χ1) is 14.7. The standard InChI is InChI=1S/C24H21BrN2O3/c1-28-18-9-6-15(7-10-18)24-27-22(20-13-17(25)8-11-23(20)30-24)14-21(26-27)16-4-3-5-19(12-16)29-2/h3-13,22,24H,14H2,1-2H3. The zero-order valence-electron chi connectivity index (χ0n) is 16.7. The van der Waals surface area contributed by atoms with Crippen LogP contribution in [-0.4, -0.2) is 24.9 Å². The van der Waals surface area contributed by atoms with Gasteiger partial charge >= 0.3 is 0 Å². The number of fused-ring (bicyclic) bond motifs is 3. The Morgan fingerprint density at radius 1 is 0.967 bits per heavy atom. The monoisotopic (exact) mass is 464 g/mol. The van der Waals surface area contributed by atoms with Gasteiger partial charge in [-0.15, -0.1) is 0 Å². The van der Waals surface area contributed by atoms with E-state index in [4.69, 9.17) is 19.3 Å². The molecule has 0 saturated heterocycles. The number of hydrazone groups is 1. The summed E-state index contributed by atoms with van der Waals surface area (Å²) in [6.07, 6.45) is 0.491. The van der Waals surface area contributed by atoms with E-state index >= 15 is 0 Å². The van der Waals surface area contributed by atoms with Gasteiger partial charge in [0.1, 0.15) is 17.2 Å². The number of rotatable bonds is 4. The fourth-order valence-electron chi connectivity index (χ4n) is 4.02. The maximum absolute atomic E-state index is 6.42. The normalized spacial score (nSPS) is 19.4. The Morgan fingerprint density at radius 2 is 1.77 bits per heavy atom. The van der Waals surface area contributed by atoms with E-state index in [-0.39, 0.29) is 12.3 Å². The zero-order chi connectivity index (χ0) is 20.7. The quantitative estimate of drug-likeness (QED) is 0.495. The minimum Gasteiger partial charge on any atom is -0.497 e. The van der Waals surface area contributed by atoms with E-state index < -0.39 is 0 Å². The summed E-state index contributed by atoms with van der Waals surface area (Å²) >= 11 is 3.60. The third-order valence-corrected chi connectivity index (χ3v) is 6.05. The Labute approximate surface area is 184 Å². The molecule has 5 nitrogen and oxygen atoms in total. The number of nitrogens with zero attached hydrogens (tertiary/aromatic N) is 2. The summed E-state index contributed by atoms with van der Waals surface area (Å²) in [5.41, 5.74) is 4.25. The van der Waals surface area contributed by atoms with Crippen LogP contribution in [0.1, 0.15) is 35.4 Å². The van der Waals surface area contributed by atoms with Crippen molar-refractivity contribution in [2.45, 2.75) is 18.7 Å². The Bertz CT molecular complexity index is 1110. The van der Waals surface area contributed by atoms with E-state index in [0.29, 0.717) is 0 Å². The molecule has 2 heterocycles. The molecule has 0 aromatic heterocycles. The van der Waals surface area contributed by atoms with E-state index in [9.17, 15) is 0 Å². The minimum atomic E-state index is -0.308.